The molecule has 0 aliphatic heterocycles. The van der Waals surface area contributed by atoms with Gasteiger partial charge in [-0.05, 0) is 12.1 Å². The van der Waals surface area contributed by atoms with Gasteiger partial charge in [-0.1, -0.05) is 0 Å². The lowest BCUT2D eigenvalue weighted by Crippen LogP contribution is -2.06. The van der Waals surface area contributed by atoms with Crippen LogP contribution in [0.4, 0.5) is 0 Å². The maximum atomic E-state index is 10.8. The predicted molar refractivity (Wildman–Crippen MR) is 38.6 cm³/mol. The maximum Gasteiger partial charge on any atom is 0.352 e. The minimum atomic E-state index is -2.82. The number of hydrogen-bond donors (Lipinski definition) is 0. The highest BCUT2D eigenvalue weighted by Crippen LogP contribution is 1.99. The molecule has 64 valence electrons. The SMILES string of the molecule is O=C(OS(=O)[O-])c1cccnc1. The van der Waals surface area contributed by atoms with Gasteiger partial charge in [0.2, 0.25) is 0 Å². The zero-order chi connectivity index (χ0) is 8.97. The van der Waals surface area contributed by atoms with Gasteiger partial charge in [-0.2, -0.15) is 0 Å². The van der Waals surface area contributed by atoms with E-state index in [0.29, 0.717) is 0 Å². The summed E-state index contributed by atoms with van der Waals surface area (Å²) in [5, 5.41) is 0. The zero-order valence-electron chi connectivity index (χ0n) is 5.80. The molecule has 1 aromatic heterocycles. The van der Waals surface area contributed by atoms with Crippen LogP contribution in [0.2, 0.25) is 0 Å². The highest BCUT2D eigenvalue weighted by atomic mass is 32.2. The first-order valence-electron chi connectivity index (χ1n) is 2.92. The highest BCUT2D eigenvalue weighted by Gasteiger charge is 2.05. The summed E-state index contributed by atoms with van der Waals surface area (Å²) in [5.74, 6) is -0.934. The van der Waals surface area contributed by atoms with E-state index in [1.807, 2.05) is 0 Å². The predicted octanol–water partition coefficient (Wildman–Crippen LogP) is 0.0325. The van der Waals surface area contributed by atoms with Crippen molar-refractivity contribution in [3.8, 4) is 0 Å². The molecule has 0 aliphatic carbocycles. The molecule has 0 N–H and O–H groups in total. The van der Waals surface area contributed by atoms with Gasteiger partial charge in [0.15, 0.2) is 0 Å². The van der Waals surface area contributed by atoms with Crippen molar-refractivity contribution < 1.29 is 17.7 Å². The lowest BCUT2D eigenvalue weighted by Gasteiger charge is -2.03. The van der Waals surface area contributed by atoms with E-state index in [1.165, 1.54) is 24.5 Å². The van der Waals surface area contributed by atoms with Gasteiger partial charge in [-0.25, -0.2) is 9.00 Å². The van der Waals surface area contributed by atoms with Crippen LogP contribution in [-0.2, 0) is 15.5 Å². The number of pyridine rings is 1. The molecule has 0 fully saturated rings. The van der Waals surface area contributed by atoms with E-state index in [2.05, 4.69) is 9.17 Å². The molecule has 0 saturated carbocycles. The molecule has 0 saturated heterocycles. The summed E-state index contributed by atoms with van der Waals surface area (Å²) in [6.07, 6.45) is 2.68. The minimum absolute atomic E-state index is 0.0988. The standard InChI is InChI=1S/C6H5NO4S/c8-6(11-12(9)10)5-2-1-3-7-4-5/h1-4H,(H,9,10)/p-1. The van der Waals surface area contributed by atoms with Crippen LogP contribution in [0.5, 0.6) is 0 Å². The van der Waals surface area contributed by atoms with Crippen molar-refractivity contribution in [1.82, 2.24) is 4.98 Å². The quantitative estimate of drug-likeness (QED) is 0.609. The highest BCUT2D eigenvalue weighted by molar-refractivity contribution is 7.74. The van der Waals surface area contributed by atoms with E-state index in [0.717, 1.165) is 0 Å². The Morgan fingerprint density at radius 1 is 1.67 bits per heavy atom. The molecule has 1 aromatic rings. The van der Waals surface area contributed by atoms with E-state index in [1.54, 1.807) is 0 Å². The van der Waals surface area contributed by atoms with Crippen LogP contribution in [0.25, 0.3) is 0 Å². The Morgan fingerprint density at radius 3 is 2.92 bits per heavy atom. The van der Waals surface area contributed by atoms with Crippen LogP contribution < -0.4 is 0 Å². The van der Waals surface area contributed by atoms with Crippen LogP contribution in [0.15, 0.2) is 24.5 Å². The molecule has 5 nitrogen and oxygen atoms in total. The molecule has 0 aromatic carbocycles. The van der Waals surface area contributed by atoms with Crippen molar-refractivity contribution in [3.63, 3.8) is 0 Å². The molecule has 6 heteroatoms. The minimum Gasteiger partial charge on any atom is -0.740 e. The molecule has 0 radical (unpaired) electrons. The topological polar surface area (TPSA) is 79.3 Å². The molecule has 1 rings (SSSR count). The largest absolute Gasteiger partial charge is 0.740 e. The van der Waals surface area contributed by atoms with Crippen molar-refractivity contribution in [1.29, 1.82) is 0 Å². The van der Waals surface area contributed by atoms with Crippen LogP contribution in [-0.4, -0.2) is 19.7 Å². The Hall–Kier alpha value is -1.27. The number of aromatic nitrogens is 1. The molecule has 1 heterocycles. The molecule has 1 unspecified atom stereocenters. The fraction of sp³-hybridized carbons (Fsp3) is 0. The summed E-state index contributed by atoms with van der Waals surface area (Å²) >= 11 is -2.82. The van der Waals surface area contributed by atoms with E-state index in [9.17, 15) is 13.6 Å². The third kappa shape index (κ3) is 2.40. The van der Waals surface area contributed by atoms with Gasteiger partial charge in [-0.3, -0.25) is 4.98 Å². The van der Waals surface area contributed by atoms with E-state index < -0.39 is 17.3 Å². The molecule has 1 atom stereocenters. The summed E-state index contributed by atoms with van der Waals surface area (Å²) in [5.41, 5.74) is 0.0988. The Kier molecular flexibility index (Phi) is 2.89. The Bertz CT molecular complexity index is 300. The average Bonchev–Trinajstić information content (AvgIpc) is 2.05. The van der Waals surface area contributed by atoms with Gasteiger partial charge in [0.25, 0.3) is 0 Å². The van der Waals surface area contributed by atoms with Crippen LogP contribution in [0.3, 0.4) is 0 Å². The van der Waals surface area contributed by atoms with Crippen molar-refractivity contribution in [2.45, 2.75) is 0 Å². The summed E-state index contributed by atoms with van der Waals surface area (Å²) in [4.78, 5) is 14.4. The number of rotatable bonds is 2. The van der Waals surface area contributed by atoms with Gasteiger partial charge >= 0.3 is 5.97 Å². The Morgan fingerprint density at radius 2 is 2.42 bits per heavy atom. The zero-order valence-corrected chi connectivity index (χ0v) is 6.61. The van der Waals surface area contributed by atoms with E-state index in [4.69, 9.17) is 0 Å². The molecule has 0 bridgehead atoms. The normalized spacial score (nSPS) is 12.1. The van der Waals surface area contributed by atoms with Gasteiger partial charge in [0.1, 0.15) is 11.4 Å². The first-order valence-corrected chi connectivity index (χ1v) is 3.92. The Labute approximate surface area is 70.9 Å². The third-order valence-corrected chi connectivity index (χ3v) is 1.33. The number of hydrogen-bond acceptors (Lipinski definition) is 5. The van der Waals surface area contributed by atoms with Crippen LogP contribution in [0.1, 0.15) is 10.4 Å². The number of nitrogens with zero attached hydrogens (tertiary/aromatic N) is 1. The average molecular weight is 186 g/mol. The van der Waals surface area contributed by atoms with Gasteiger partial charge < -0.3 is 8.74 Å². The van der Waals surface area contributed by atoms with Crippen molar-refractivity contribution in [3.05, 3.63) is 30.1 Å². The number of carbonyl (C=O) groups excluding carboxylic acids is 1. The summed E-state index contributed by atoms with van der Waals surface area (Å²) in [6.45, 7) is 0. The van der Waals surface area contributed by atoms with Gasteiger partial charge in [0, 0.05) is 12.4 Å². The molecule has 12 heavy (non-hydrogen) atoms. The lowest BCUT2D eigenvalue weighted by atomic mass is 10.3. The third-order valence-electron chi connectivity index (χ3n) is 1.04. The summed E-state index contributed by atoms with van der Waals surface area (Å²) < 4.78 is 23.7. The van der Waals surface area contributed by atoms with Crippen LogP contribution in [0, 0.1) is 0 Å². The molecular formula is C6H4NO4S-. The summed E-state index contributed by atoms with van der Waals surface area (Å²) in [7, 11) is 0. The van der Waals surface area contributed by atoms with E-state index in [-0.39, 0.29) is 5.56 Å². The maximum absolute atomic E-state index is 10.8. The fourth-order valence-corrected chi connectivity index (χ4v) is 0.813. The molecule has 0 spiro atoms. The van der Waals surface area contributed by atoms with Crippen LogP contribution >= 0.6 is 0 Å². The van der Waals surface area contributed by atoms with E-state index >= 15 is 0 Å². The second kappa shape index (κ2) is 3.93. The van der Waals surface area contributed by atoms with Crippen molar-refractivity contribution in [2.75, 3.05) is 0 Å². The van der Waals surface area contributed by atoms with Gasteiger partial charge in [0.05, 0.1) is 5.56 Å². The second-order valence-corrected chi connectivity index (χ2v) is 2.39. The van der Waals surface area contributed by atoms with Crippen molar-refractivity contribution in [2.24, 2.45) is 0 Å². The number of carbonyl (C=O) groups is 1. The molecule has 0 aliphatic rings. The first-order chi connectivity index (χ1) is 5.70. The fourth-order valence-electron chi connectivity index (χ4n) is 0.593. The smallest absolute Gasteiger partial charge is 0.352 e. The molecular weight excluding hydrogens is 182 g/mol. The van der Waals surface area contributed by atoms with Crippen molar-refractivity contribution >= 4 is 17.3 Å². The molecule has 0 amide bonds. The lowest BCUT2D eigenvalue weighted by molar-refractivity contribution is 0.0741. The second-order valence-electron chi connectivity index (χ2n) is 1.82. The van der Waals surface area contributed by atoms with Gasteiger partial charge in [-0.15, -0.1) is 0 Å². The monoisotopic (exact) mass is 186 g/mol. The Balaban J connectivity index is 2.73. The summed E-state index contributed by atoms with van der Waals surface area (Å²) in [6, 6.07) is 2.91. The first kappa shape index (κ1) is 8.82.